The molecule has 9 heteroatoms. The summed E-state index contributed by atoms with van der Waals surface area (Å²) in [4.78, 5) is 26.9. The zero-order chi connectivity index (χ0) is 20.7. The molecule has 0 aliphatic carbocycles. The van der Waals surface area contributed by atoms with Gasteiger partial charge in [0.25, 0.3) is 5.91 Å². The Bertz CT molecular complexity index is 934. The molecule has 2 atom stereocenters. The summed E-state index contributed by atoms with van der Waals surface area (Å²) in [5.41, 5.74) is -0.832. The van der Waals surface area contributed by atoms with Crippen LogP contribution >= 0.6 is 15.9 Å². The minimum absolute atomic E-state index is 0.0239. The van der Waals surface area contributed by atoms with Gasteiger partial charge in [-0.2, -0.15) is 13.2 Å². The van der Waals surface area contributed by atoms with E-state index in [0.717, 1.165) is 18.2 Å². The van der Waals surface area contributed by atoms with Gasteiger partial charge in [0.05, 0.1) is 11.3 Å². The van der Waals surface area contributed by atoms with Gasteiger partial charge in [-0.15, -0.1) is 0 Å². The molecule has 1 saturated heterocycles. The number of likely N-dealkylation sites (N-methyl/N-ethyl adjacent to an activating group) is 1. The van der Waals surface area contributed by atoms with Crippen LogP contribution in [0.5, 0.6) is 0 Å². The number of alkyl halides is 4. The maximum absolute atomic E-state index is 13.9. The van der Waals surface area contributed by atoms with Crippen molar-refractivity contribution in [2.45, 2.75) is 16.4 Å². The Kier molecular flexibility index (Phi) is 5.22. The largest absolute Gasteiger partial charge is 0.416 e. The number of carbonyl (C=O) groups is 2. The van der Waals surface area contributed by atoms with E-state index in [1.807, 2.05) is 0 Å². The topological polar surface area (TPSA) is 49.4 Å². The highest BCUT2D eigenvalue weighted by Gasteiger charge is 2.57. The molecule has 2 amide bonds. The number of carbonyl (C=O) groups excluding carboxylic acids is 2. The number of amides is 2. The van der Waals surface area contributed by atoms with Crippen molar-refractivity contribution in [1.29, 1.82) is 0 Å². The van der Waals surface area contributed by atoms with E-state index < -0.39 is 39.6 Å². The smallest absolute Gasteiger partial charge is 0.343 e. The molecule has 2 aromatic carbocycles. The minimum atomic E-state index is -4.56. The van der Waals surface area contributed by atoms with Crippen molar-refractivity contribution in [3.8, 4) is 0 Å². The van der Waals surface area contributed by atoms with E-state index in [9.17, 15) is 27.2 Å². The summed E-state index contributed by atoms with van der Waals surface area (Å²) in [6.07, 6.45) is -4.56. The molecule has 0 saturated carbocycles. The third-order valence-corrected chi connectivity index (χ3v) is 5.92. The zero-order valence-corrected chi connectivity index (χ0v) is 16.1. The van der Waals surface area contributed by atoms with Crippen LogP contribution < -0.4 is 5.32 Å². The number of hydrogen-bond donors (Lipinski definition) is 1. The number of benzene rings is 2. The first-order valence-corrected chi connectivity index (χ1v) is 9.02. The lowest BCUT2D eigenvalue weighted by atomic mass is 9.86. The van der Waals surface area contributed by atoms with Crippen molar-refractivity contribution in [3.63, 3.8) is 0 Å². The second kappa shape index (κ2) is 7.20. The average molecular weight is 459 g/mol. The van der Waals surface area contributed by atoms with Gasteiger partial charge in [-0.25, -0.2) is 4.39 Å². The Morgan fingerprint density at radius 3 is 2.54 bits per heavy atom. The molecule has 2 aromatic rings. The number of hydrogen-bond acceptors (Lipinski definition) is 2. The summed E-state index contributed by atoms with van der Waals surface area (Å²) < 4.78 is 51.3. The second-order valence-corrected chi connectivity index (χ2v) is 7.76. The average Bonchev–Trinajstić information content (AvgIpc) is 2.88. The molecule has 0 aromatic heterocycles. The fraction of sp³-hybridized carbons (Fsp3) is 0.263. The minimum Gasteiger partial charge on any atom is -0.343 e. The third kappa shape index (κ3) is 3.50. The van der Waals surface area contributed by atoms with Gasteiger partial charge >= 0.3 is 6.18 Å². The standard InChI is InChI=1S/C19H15BrF4N2O2/c1-26-10-13(11-5-4-6-12(9-11)19(22,23)24)18(20,17(26)28)16(27)25-15-8-3-2-7-14(15)21/h2-9,13H,10H2,1H3,(H,25,27). The van der Waals surface area contributed by atoms with Gasteiger partial charge < -0.3 is 10.2 Å². The first-order chi connectivity index (χ1) is 13.0. The summed E-state index contributed by atoms with van der Waals surface area (Å²) in [7, 11) is 1.45. The molecule has 0 radical (unpaired) electrons. The Balaban J connectivity index is 2.00. The Morgan fingerprint density at radius 1 is 1.21 bits per heavy atom. The molecule has 1 aliphatic rings. The van der Waals surface area contributed by atoms with E-state index >= 15 is 0 Å². The molecule has 0 spiro atoms. The van der Waals surface area contributed by atoms with Crippen molar-refractivity contribution in [2.75, 3.05) is 18.9 Å². The number of nitrogens with zero attached hydrogens (tertiary/aromatic N) is 1. The van der Waals surface area contributed by atoms with Crippen LogP contribution in [0.4, 0.5) is 23.2 Å². The highest BCUT2D eigenvalue weighted by atomic mass is 79.9. The fourth-order valence-corrected chi connectivity index (χ4v) is 4.02. The second-order valence-electron chi connectivity index (χ2n) is 6.51. The van der Waals surface area contributed by atoms with Gasteiger partial charge in [0.15, 0.2) is 4.32 Å². The molecule has 1 heterocycles. The molecule has 1 fully saturated rings. The van der Waals surface area contributed by atoms with Crippen molar-refractivity contribution in [2.24, 2.45) is 0 Å². The van der Waals surface area contributed by atoms with E-state index in [1.165, 1.54) is 42.3 Å². The molecular formula is C19H15BrF4N2O2. The molecule has 4 nitrogen and oxygen atoms in total. The molecule has 28 heavy (non-hydrogen) atoms. The number of para-hydroxylation sites is 1. The number of nitrogens with one attached hydrogen (secondary N) is 1. The van der Waals surface area contributed by atoms with E-state index in [2.05, 4.69) is 21.2 Å². The molecular weight excluding hydrogens is 444 g/mol. The summed E-state index contributed by atoms with van der Waals surface area (Å²) >= 11 is 3.17. The van der Waals surface area contributed by atoms with Gasteiger partial charge in [-0.3, -0.25) is 9.59 Å². The number of likely N-dealkylation sites (tertiary alicyclic amines) is 1. The van der Waals surface area contributed by atoms with Crippen LogP contribution in [0.2, 0.25) is 0 Å². The Hall–Kier alpha value is -2.42. The van der Waals surface area contributed by atoms with Crippen LogP contribution in [-0.2, 0) is 15.8 Å². The third-order valence-electron chi connectivity index (χ3n) is 4.66. The lowest BCUT2D eigenvalue weighted by Crippen LogP contribution is -2.47. The number of rotatable bonds is 3. The van der Waals surface area contributed by atoms with E-state index in [0.29, 0.717) is 0 Å². The van der Waals surface area contributed by atoms with Crippen molar-refractivity contribution >= 4 is 33.4 Å². The fourth-order valence-electron chi connectivity index (χ4n) is 3.21. The van der Waals surface area contributed by atoms with Crippen molar-refractivity contribution < 1.29 is 27.2 Å². The Morgan fingerprint density at radius 2 is 1.89 bits per heavy atom. The highest BCUT2D eigenvalue weighted by molar-refractivity contribution is 9.10. The summed E-state index contributed by atoms with van der Waals surface area (Å²) in [5, 5.41) is 2.36. The molecule has 0 bridgehead atoms. The zero-order valence-electron chi connectivity index (χ0n) is 14.6. The maximum atomic E-state index is 13.9. The first kappa shape index (κ1) is 20.3. The normalized spacial score (nSPS) is 22.4. The van der Waals surface area contributed by atoms with Crippen LogP contribution in [0, 0.1) is 5.82 Å². The van der Waals surface area contributed by atoms with E-state index in [-0.39, 0.29) is 17.8 Å². The SMILES string of the molecule is CN1CC(c2cccc(C(F)(F)F)c2)C(Br)(C(=O)Nc2ccccc2F)C1=O. The van der Waals surface area contributed by atoms with Gasteiger partial charge in [0, 0.05) is 19.5 Å². The predicted molar refractivity (Wildman–Crippen MR) is 98.5 cm³/mol. The lowest BCUT2D eigenvalue weighted by Gasteiger charge is -2.26. The van der Waals surface area contributed by atoms with Gasteiger partial charge in [0.2, 0.25) is 5.91 Å². The van der Waals surface area contributed by atoms with Crippen molar-refractivity contribution in [1.82, 2.24) is 4.90 Å². The van der Waals surface area contributed by atoms with Crippen LogP contribution in [-0.4, -0.2) is 34.6 Å². The maximum Gasteiger partial charge on any atom is 0.416 e. The van der Waals surface area contributed by atoms with Crippen LogP contribution in [0.15, 0.2) is 48.5 Å². The van der Waals surface area contributed by atoms with Gasteiger partial charge in [-0.05, 0) is 23.8 Å². The quantitative estimate of drug-likeness (QED) is 0.426. The molecule has 3 rings (SSSR count). The Labute approximate surface area is 166 Å². The summed E-state index contributed by atoms with van der Waals surface area (Å²) in [5.74, 6) is -3.07. The number of halogens is 5. The van der Waals surface area contributed by atoms with E-state index in [4.69, 9.17) is 0 Å². The first-order valence-electron chi connectivity index (χ1n) is 8.22. The molecule has 1 aliphatic heterocycles. The monoisotopic (exact) mass is 458 g/mol. The highest BCUT2D eigenvalue weighted by Crippen LogP contribution is 2.45. The summed E-state index contributed by atoms with van der Waals surface area (Å²) in [6.45, 7) is 0.0239. The molecule has 2 unspecified atom stereocenters. The van der Waals surface area contributed by atoms with Crippen molar-refractivity contribution in [3.05, 3.63) is 65.5 Å². The molecule has 1 N–H and O–H groups in total. The predicted octanol–water partition coefficient (Wildman–Crippen LogP) is 4.17. The van der Waals surface area contributed by atoms with Crippen LogP contribution in [0.3, 0.4) is 0 Å². The molecule has 148 valence electrons. The van der Waals surface area contributed by atoms with E-state index in [1.54, 1.807) is 0 Å². The number of anilines is 1. The van der Waals surface area contributed by atoms with Gasteiger partial charge in [-0.1, -0.05) is 46.3 Å². The van der Waals surface area contributed by atoms with Crippen LogP contribution in [0.25, 0.3) is 0 Å². The lowest BCUT2D eigenvalue weighted by molar-refractivity contribution is -0.137. The van der Waals surface area contributed by atoms with Gasteiger partial charge in [0.1, 0.15) is 5.82 Å². The summed E-state index contributed by atoms with van der Waals surface area (Å²) in [6, 6.07) is 9.90. The van der Waals surface area contributed by atoms with Crippen LogP contribution in [0.1, 0.15) is 17.0 Å².